The number of alkyl halides is 3. The van der Waals surface area contributed by atoms with Gasteiger partial charge in [0.1, 0.15) is 11.4 Å². The number of aliphatic hydroxyl groups is 1. The van der Waals surface area contributed by atoms with Gasteiger partial charge in [-0.05, 0) is 26.3 Å². The van der Waals surface area contributed by atoms with Crippen LogP contribution in [0.15, 0.2) is 11.4 Å². The molecule has 1 atom stereocenters. The average molecular weight is 411 g/mol. The van der Waals surface area contributed by atoms with Crippen LogP contribution in [0.4, 0.5) is 19.0 Å². The van der Waals surface area contributed by atoms with E-state index in [-0.39, 0.29) is 27.5 Å². The molecule has 2 N–H and O–H groups in total. The number of nitrogens with zero attached hydrogens (tertiary/aromatic N) is 2. The van der Waals surface area contributed by atoms with Crippen molar-refractivity contribution in [2.24, 2.45) is 5.92 Å². The smallest absolute Gasteiger partial charge is 0.378 e. The molecule has 0 bridgehead atoms. The van der Waals surface area contributed by atoms with Crippen molar-refractivity contribution in [1.29, 1.82) is 0 Å². The Labute approximate surface area is 164 Å². The average Bonchev–Trinajstić information content (AvgIpc) is 3.23. The Hall–Kier alpha value is -2.31. The van der Waals surface area contributed by atoms with Gasteiger partial charge in [-0.25, -0.2) is 4.98 Å². The minimum absolute atomic E-state index is 0.0487. The number of amides is 1. The number of aromatic nitrogens is 1. The van der Waals surface area contributed by atoms with Crippen LogP contribution in [0.25, 0.3) is 10.2 Å². The fraction of sp³-hybridized carbons (Fsp3) is 0.474. The van der Waals surface area contributed by atoms with Crippen molar-refractivity contribution in [3.63, 3.8) is 0 Å². The molecule has 1 unspecified atom stereocenters. The lowest BCUT2D eigenvalue weighted by molar-refractivity contribution is -0.136. The van der Waals surface area contributed by atoms with Gasteiger partial charge in [0.2, 0.25) is 0 Å². The van der Waals surface area contributed by atoms with E-state index in [9.17, 15) is 23.1 Å². The van der Waals surface area contributed by atoms with Gasteiger partial charge in [0.25, 0.3) is 5.91 Å². The van der Waals surface area contributed by atoms with Crippen molar-refractivity contribution in [2.45, 2.75) is 32.0 Å². The minimum Gasteiger partial charge on any atom is -0.378 e. The molecule has 0 radical (unpaired) electrons. The lowest BCUT2D eigenvalue weighted by Crippen LogP contribution is -2.22. The Kier molecular flexibility index (Phi) is 5.30. The van der Waals surface area contributed by atoms with E-state index in [1.165, 1.54) is 12.4 Å². The fourth-order valence-corrected chi connectivity index (χ4v) is 4.05. The molecule has 3 rings (SSSR count). The Bertz CT molecular complexity index is 967. The van der Waals surface area contributed by atoms with Crippen LogP contribution >= 0.6 is 11.3 Å². The first kappa shape index (κ1) is 20.4. The monoisotopic (exact) mass is 411 g/mol. The number of nitrogens with one attached hydrogen (secondary N) is 1. The van der Waals surface area contributed by atoms with Gasteiger partial charge in [-0.2, -0.15) is 13.2 Å². The summed E-state index contributed by atoms with van der Waals surface area (Å²) in [5.74, 6) is 5.37. The molecule has 3 heterocycles. The summed E-state index contributed by atoms with van der Waals surface area (Å²) in [7, 11) is 1.42. The second-order valence-corrected chi connectivity index (χ2v) is 8.07. The Morgan fingerprint density at radius 3 is 2.75 bits per heavy atom. The summed E-state index contributed by atoms with van der Waals surface area (Å²) in [6, 6.07) is 1.04. The van der Waals surface area contributed by atoms with Crippen LogP contribution in [0, 0.1) is 17.8 Å². The highest BCUT2D eigenvalue weighted by Gasteiger charge is 2.36. The van der Waals surface area contributed by atoms with E-state index in [1.54, 1.807) is 18.7 Å². The minimum atomic E-state index is -4.55. The Morgan fingerprint density at radius 1 is 1.43 bits per heavy atom. The maximum Gasteiger partial charge on any atom is 0.417 e. The van der Waals surface area contributed by atoms with Gasteiger partial charge >= 0.3 is 6.18 Å². The fourth-order valence-electron chi connectivity index (χ4n) is 3.03. The second kappa shape index (κ2) is 7.26. The van der Waals surface area contributed by atoms with Crippen LogP contribution in [0.1, 0.15) is 36.2 Å². The van der Waals surface area contributed by atoms with Gasteiger partial charge in [0.15, 0.2) is 0 Å². The number of thiophene rings is 1. The molecule has 1 saturated heterocycles. The highest BCUT2D eigenvalue weighted by molar-refractivity contribution is 7.17. The standard InChI is InChI=1S/C19H20F3N3O2S/c1-18(2,27)6-4-11-5-7-25(9-11)14-8-13(19(20,21)22)16-15(24-14)12(10-28-16)17(26)23-3/h8,10-11,27H,5,7,9H2,1-3H3,(H,23,26). The summed E-state index contributed by atoms with van der Waals surface area (Å²) in [5, 5.41) is 13.6. The number of hydrogen-bond acceptors (Lipinski definition) is 5. The molecule has 1 fully saturated rings. The molecule has 1 amide bonds. The van der Waals surface area contributed by atoms with Gasteiger partial charge in [-0.15, -0.1) is 11.3 Å². The van der Waals surface area contributed by atoms with Gasteiger partial charge < -0.3 is 15.3 Å². The van der Waals surface area contributed by atoms with Crippen LogP contribution in [0.5, 0.6) is 0 Å². The molecule has 0 saturated carbocycles. The summed E-state index contributed by atoms with van der Waals surface area (Å²) >= 11 is 0.862. The van der Waals surface area contributed by atoms with Crippen molar-refractivity contribution in [3.8, 4) is 11.8 Å². The summed E-state index contributed by atoms with van der Waals surface area (Å²) in [4.78, 5) is 18.2. The first-order valence-electron chi connectivity index (χ1n) is 8.71. The number of carbonyl (C=O) groups excluding carboxylic acids is 1. The third kappa shape index (κ3) is 4.23. The largest absolute Gasteiger partial charge is 0.417 e. The predicted molar refractivity (Wildman–Crippen MR) is 102 cm³/mol. The van der Waals surface area contributed by atoms with Crippen molar-refractivity contribution >= 4 is 33.3 Å². The van der Waals surface area contributed by atoms with Crippen LogP contribution in [0.2, 0.25) is 0 Å². The molecule has 2 aromatic rings. The molecular weight excluding hydrogens is 391 g/mol. The van der Waals surface area contributed by atoms with Gasteiger partial charge in [0.05, 0.1) is 21.3 Å². The highest BCUT2D eigenvalue weighted by atomic mass is 32.1. The van der Waals surface area contributed by atoms with Gasteiger partial charge in [0, 0.05) is 31.4 Å². The third-order valence-electron chi connectivity index (χ3n) is 4.38. The number of rotatable bonds is 2. The number of halogens is 3. The second-order valence-electron chi connectivity index (χ2n) is 7.19. The number of hydrogen-bond donors (Lipinski definition) is 2. The summed E-state index contributed by atoms with van der Waals surface area (Å²) in [6.45, 7) is 4.07. The number of carbonyl (C=O) groups is 1. The lowest BCUT2D eigenvalue weighted by Gasteiger charge is -2.19. The maximum atomic E-state index is 13.6. The first-order chi connectivity index (χ1) is 13.0. The zero-order valence-corrected chi connectivity index (χ0v) is 16.5. The number of fused-ring (bicyclic) bond motifs is 1. The van der Waals surface area contributed by atoms with Crippen LogP contribution in [-0.2, 0) is 6.18 Å². The normalized spacial score (nSPS) is 17.5. The maximum absolute atomic E-state index is 13.6. The summed E-state index contributed by atoms with van der Waals surface area (Å²) < 4.78 is 40.8. The Balaban J connectivity index is 2.02. The van der Waals surface area contributed by atoms with Crippen molar-refractivity contribution < 1.29 is 23.1 Å². The number of pyridine rings is 1. The summed E-state index contributed by atoms with van der Waals surface area (Å²) in [5.41, 5.74) is -1.72. The topological polar surface area (TPSA) is 65.5 Å². The SMILES string of the molecule is CNC(=O)c1csc2c(C(F)(F)F)cc(N3CCC(C#CC(C)(C)O)C3)nc12. The first-order valence-corrected chi connectivity index (χ1v) is 9.59. The van der Waals surface area contributed by atoms with Crippen LogP contribution in [0.3, 0.4) is 0 Å². The van der Waals surface area contributed by atoms with E-state index < -0.39 is 23.2 Å². The molecule has 28 heavy (non-hydrogen) atoms. The molecule has 0 aromatic carbocycles. The van der Waals surface area contributed by atoms with E-state index >= 15 is 0 Å². The molecule has 150 valence electrons. The van der Waals surface area contributed by atoms with Crippen LogP contribution < -0.4 is 10.2 Å². The van der Waals surface area contributed by atoms with E-state index in [1.807, 2.05) is 0 Å². The Morgan fingerprint density at radius 2 is 2.14 bits per heavy atom. The van der Waals surface area contributed by atoms with E-state index in [0.29, 0.717) is 19.5 Å². The van der Waals surface area contributed by atoms with E-state index in [4.69, 9.17) is 0 Å². The molecule has 0 spiro atoms. The van der Waals surface area contributed by atoms with Crippen molar-refractivity contribution in [3.05, 3.63) is 22.6 Å². The molecule has 5 nitrogen and oxygen atoms in total. The molecular formula is C19H20F3N3O2S. The molecule has 1 aliphatic heterocycles. The molecule has 9 heteroatoms. The van der Waals surface area contributed by atoms with Crippen molar-refractivity contribution in [2.75, 3.05) is 25.0 Å². The summed E-state index contributed by atoms with van der Waals surface area (Å²) in [6.07, 6.45) is -3.89. The van der Waals surface area contributed by atoms with Crippen molar-refractivity contribution in [1.82, 2.24) is 10.3 Å². The van der Waals surface area contributed by atoms with E-state index in [2.05, 4.69) is 22.1 Å². The zero-order chi connectivity index (χ0) is 20.7. The predicted octanol–water partition coefficient (Wildman–Crippen LogP) is 3.28. The molecule has 1 aliphatic rings. The number of anilines is 1. The quantitative estimate of drug-likeness (QED) is 0.745. The lowest BCUT2D eigenvalue weighted by atomic mass is 10.1. The molecule has 2 aromatic heterocycles. The van der Waals surface area contributed by atoms with Gasteiger partial charge in [-0.3, -0.25) is 4.79 Å². The third-order valence-corrected chi connectivity index (χ3v) is 5.38. The highest BCUT2D eigenvalue weighted by Crippen LogP contribution is 2.40. The van der Waals surface area contributed by atoms with E-state index in [0.717, 1.165) is 17.4 Å². The molecule has 0 aliphatic carbocycles. The zero-order valence-electron chi connectivity index (χ0n) is 15.6. The van der Waals surface area contributed by atoms with Gasteiger partial charge in [-0.1, -0.05) is 11.8 Å². The van der Waals surface area contributed by atoms with Crippen LogP contribution in [-0.4, -0.2) is 41.7 Å².